The second-order valence-electron chi connectivity index (χ2n) is 9.16. The third-order valence-electron chi connectivity index (χ3n) is 6.03. The number of rotatable bonds is 16. The van der Waals surface area contributed by atoms with Crippen molar-refractivity contribution in [2.75, 3.05) is 0 Å². The molecule has 0 saturated carbocycles. The predicted molar refractivity (Wildman–Crippen MR) is 139 cm³/mol. The van der Waals surface area contributed by atoms with Crippen LogP contribution in [-0.4, -0.2) is 18.0 Å². The van der Waals surface area contributed by atoms with Gasteiger partial charge in [-0.25, -0.2) is 4.79 Å². The average Bonchev–Trinajstić information content (AvgIpc) is 2.83. The van der Waals surface area contributed by atoms with E-state index in [-0.39, 0.29) is 18.0 Å². The molecule has 2 aromatic carbocycles. The third-order valence-corrected chi connectivity index (χ3v) is 6.03. The van der Waals surface area contributed by atoms with Gasteiger partial charge in [-0.1, -0.05) is 95.9 Å². The molecule has 0 spiro atoms. The van der Waals surface area contributed by atoms with Gasteiger partial charge in [0.25, 0.3) is 0 Å². The first-order chi connectivity index (χ1) is 16.5. The van der Waals surface area contributed by atoms with E-state index in [9.17, 15) is 9.59 Å². The van der Waals surface area contributed by atoms with Crippen LogP contribution in [0.3, 0.4) is 0 Å². The fraction of sp³-hybridized carbons (Fsp3) is 0.533. The van der Waals surface area contributed by atoms with Crippen LogP contribution in [0.25, 0.3) is 11.1 Å². The van der Waals surface area contributed by atoms with Gasteiger partial charge >= 0.3 is 11.9 Å². The van der Waals surface area contributed by atoms with Crippen molar-refractivity contribution in [1.82, 2.24) is 0 Å². The van der Waals surface area contributed by atoms with Crippen LogP contribution < -0.4 is 4.74 Å². The zero-order valence-electron chi connectivity index (χ0n) is 21.3. The topological polar surface area (TPSA) is 52.6 Å². The number of benzene rings is 2. The van der Waals surface area contributed by atoms with Crippen LogP contribution in [0.4, 0.5) is 0 Å². The first-order valence-corrected chi connectivity index (χ1v) is 13.2. The molecule has 0 radical (unpaired) electrons. The van der Waals surface area contributed by atoms with Gasteiger partial charge in [-0.15, -0.1) is 0 Å². The van der Waals surface area contributed by atoms with Gasteiger partial charge in [0, 0.05) is 6.42 Å². The molecule has 0 N–H and O–H groups in total. The molecule has 0 aliphatic carbocycles. The largest absolute Gasteiger partial charge is 0.459 e. The van der Waals surface area contributed by atoms with Crippen molar-refractivity contribution < 1.29 is 19.1 Å². The van der Waals surface area contributed by atoms with Crippen LogP contribution in [0.15, 0.2) is 48.5 Å². The number of ether oxygens (including phenoxy) is 2. The zero-order chi connectivity index (χ0) is 24.6. The summed E-state index contributed by atoms with van der Waals surface area (Å²) in [7, 11) is 0. The maximum Gasteiger partial charge on any atom is 0.338 e. The summed E-state index contributed by atoms with van der Waals surface area (Å²) >= 11 is 0. The van der Waals surface area contributed by atoms with Crippen molar-refractivity contribution in [3.63, 3.8) is 0 Å². The van der Waals surface area contributed by atoms with Crippen molar-refractivity contribution in [2.45, 2.75) is 104 Å². The zero-order valence-corrected chi connectivity index (χ0v) is 21.3. The molecule has 0 bridgehead atoms. The van der Waals surface area contributed by atoms with Gasteiger partial charge in [-0.3, -0.25) is 4.79 Å². The van der Waals surface area contributed by atoms with Crippen LogP contribution in [-0.2, 0) is 9.53 Å². The number of hydrogen-bond donors (Lipinski definition) is 0. The molecule has 4 heteroatoms. The summed E-state index contributed by atoms with van der Waals surface area (Å²) in [4.78, 5) is 24.4. The minimum atomic E-state index is -0.290. The van der Waals surface area contributed by atoms with Gasteiger partial charge in [-0.2, -0.15) is 0 Å². The smallest absolute Gasteiger partial charge is 0.338 e. The molecule has 2 rings (SSSR count). The summed E-state index contributed by atoms with van der Waals surface area (Å²) in [5.74, 6) is 0.104. The maximum absolute atomic E-state index is 12.2. The minimum Gasteiger partial charge on any atom is -0.459 e. The van der Waals surface area contributed by atoms with Crippen LogP contribution in [0.2, 0.25) is 0 Å². The standard InChI is InChI=1S/C30H42O4/c1-4-6-7-8-9-10-11-12-13-15-29(31)34-28-22-20-26(21-23-28)25-16-18-27(19-17-25)30(32)33-24(3)14-5-2/h16-24H,4-15H2,1-3H3. The predicted octanol–water partition coefficient (Wildman–Crippen LogP) is 8.53. The normalized spacial score (nSPS) is 11.7. The molecule has 0 aliphatic rings. The molecule has 2 aromatic rings. The summed E-state index contributed by atoms with van der Waals surface area (Å²) in [6, 6.07) is 14.9. The van der Waals surface area contributed by atoms with E-state index in [4.69, 9.17) is 9.47 Å². The van der Waals surface area contributed by atoms with Crippen molar-refractivity contribution >= 4 is 11.9 Å². The maximum atomic E-state index is 12.2. The minimum absolute atomic E-state index is 0.0762. The molecule has 0 heterocycles. The van der Waals surface area contributed by atoms with E-state index in [1.54, 1.807) is 12.1 Å². The lowest BCUT2D eigenvalue weighted by molar-refractivity contribution is -0.134. The van der Waals surface area contributed by atoms with Gasteiger partial charge < -0.3 is 9.47 Å². The Kier molecular flexibility index (Phi) is 13.1. The third kappa shape index (κ3) is 10.5. The van der Waals surface area contributed by atoms with Crippen molar-refractivity contribution in [3.05, 3.63) is 54.1 Å². The molecule has 0 fully saturated rings. The second kappa shape index (κ2) is 16.1. The van der Waals surface area contributed by atoms with Crippen molar-refractivity contribution in [1.29, 1.82) is 0 Å². The van der Waals surface area contributed by atoms with E-state index >= 15 is 0 Å². The highest BCUT2D eigenvalue weighted by Crippen LogP contribution is 2.24. The lowest BCUT2D eigenvalue weighted by Crippen LogP contribution is -2.14. The monoisotopic (exact) mass is 466 g/mol. The molecule has 186 valence electrons. The molecule has 34 heavy (non-hydrogen) atoms. The fourth-order valence-electron chi connectivity index (χ4n) is 3.99. The fourth-order valence-corrected chi connectivity index (χ4v) is 3.99. The molecule has 1 unspecified atom stereocenters. The lowest BCUT2D eigenvalue weighted by atomic mass is 10.0. The first kappa shape index (κ1) is 27.6. The Balaban J connectivity index is 1.72. The number of carbonyl (C=O) groups is 2. The van der Waals surface area contributed by atoms with Gasteiger partial charge in [0.1, 0.15) is 5.75 Å². The Morgan fingerprint density at radius 2 is 1.24 bits per heavy atom. The number of esters is 2. The summed E-state index contributed by atoms with van der Waals surface area (Å²) in [5, 5.41) is 0. The number of unbranched alkanes of at least 4 members (excludes halogenated alkanes) is 8. The SMILES string of the molecule is CCCCCCCCCCCC(=O)Oc1ccc(-c2ccc(C(=O)OC(C)CCC)cc2)cc1. The number of hydrogen-bond acceptors (Lipinski definition) is 4. The van der Waals surface area contributed by atoms with Crippen LogP contribution in [0.1, 0.15) is 108 Å². The summed E-state index contributed by atoms with van der Waals surface area (Å²) in [5.41, 5.74) is 2.54. The Hall–Kier alpha value is -2.62. The highest BCUT2D eigenvalue weighted by Gasteiger charge is 2.12. The van der Waals surface area contributed by atoms with Gasteiger partial charge in [-0.05, 0) is 55.2 Å². The molecule has 0 aromatic heterocycles. The van der Waals surface area contributed by atoms with Crippen molar-refractivity contribution in [3.8, 4) is 16.9 Å². The Morgan fingerprint density at radius 1 is 0.706 bits per heavy atom. The second-order valence-corrected chi connectivity index (χ2v) is 9.16. The van der Waals surface area contributed by atoms with Gasteiger partial charge in [0.05, 0.1) is 11.7 Å². The van der Waals surface area contributed by atoms with Crippen LogP contribution in [0.5, 0.6) is 5.75 Å². The van der Waals surface area contributed by atoms with Crippen LogP contribution in [0, 0.1) is 0 Å². The molecule has 0 aliphatic heterocycles. The highest BCUT2D eigenvalue weighted by atomic mass is 16.5. The Bertz CT molecular complexity index is 839. The quantitative estimate of drug-likeness (QED) is 0.141. The summed E-state index contributed by atoms with van der Waals surface area (Å²) in [6.07, 6.45) is 13.3. The summed E-state index contributed by atoms with van der Waals surface area (Å²) < 4.78 is 10.9. The van der Waals surface area contributed by atoms with E-state index in [0.29, 0.717) is 17.7 Å². The van der Waals surface area contributed by atoms with E-state index in [1.165, 1.54) is 44.9 Å². The Morgan fingerprint density at radius 3 is 1.79 bits per heavy atom. The highest BCUT2D eigenvalue weighted by molar-refractivity contribution is 5.90. The van der Waals surface area contributed by atoms with E-state index in [0.717, 1.165) is 36.8 Å². The molecule has 4 nitrogen and oxygen atoms in total. The molecule has 1 atom stereocenters. The molecular formula is C30H42O4. The summed E-state index contributed by atoms with van der Waals surface area (Å²) in [6.45, 7) is 6.23. The van der Waals surface area contributed by atoms with E-state index in [2.05, 4.69) is 13.8 Å². The van der Waals surface area contributed by atoms with E-state index < -0.39 is 0 Å². The number of carbonyl (C=O) groups excluding carboxylic acids is 2. The molecule has 0 saturated heterocycles. The van der Waals surface area contributed by atoms with E-state index in [1.807, 2.05) is 43.3 Å². The lowest BCUT2D eigenvalue weighted by Gasteiger charge is -2.12. The molecule has 0 amide bonds. The first-order valence-electron chi connectivity index (χ1n) is 13.2. The van der Waals surface area contributed by atoms with Gasteiger partial charge in [0.2, 0.25) is 0 Å². The average molecular weight is 467 g/mol. The molecular weight excluding hydrogens is 424 g/mol. The Labute approximate surface area is 206 Å². The van der Waals surface area contributed by atoms with Crippen molar-refractivity contribution in [2.24, 2.45) is 0 Å². The van der Waals surface area contributed by atoms with Crippen LogP contribution >= 0.6 is 0 Å². The van der Waals surface area contributed by atoms with Gasteiger partial charge in [0.15, 0.2) is 0 Å².